The molecule has 5 heteroatoms. The van der Waals surface area contributed by atoms with Gasteiger partial charge in [-0.25, -0.2) is 0 Å². The van der Waals surface area contributed by atoms with Gasteiger partial charge in [0.05, 0.1) is 18.1 Å². The molecule has 1 saturated heterocycles. The van der Waals surface area contributed by atoms with E-state index in [0.717, 1.165) is 18.5 Å². The van der Waals surface area contributed by atoms with Crippen LogP contribution in [0.3, 0.4) is 0 Å². The molecule has 2 unspecified atom stereocenters. The van der Waals surface area contributed by atoms with Gasteiger partial charge in [-0.15, -0.1) is 0 Å². The van der Waals surface area contributed by atoms with Crippen molar-refractivity contribution in [3.63, 3.8) is 0 Å². The number of hydrogen-bond donors (Lipinski definition) is 1. The summed E-state index contributed by atoms with van der Waals surface area (Å²) < 4.78 is 11.8. The fraction of sp³-hybridized carbons (Fsp3) is 0.632. The van der Waals surface area contributed by atoms with Crippen molar-refractivity contribution in [1.82, 2.24) is 4.90 Å². The normalized spacial score (nSPS) is 46.9. The Bertz CT molecular complexity index is 807. The molecular formula is C19H21NO4. The van der Waals surface area contributed by atoms with E-state index in [4.69, 9.17) is 9.47 Å². The van der Waals surface area contributed by atoms with Crippen LogP contribution in [0.25, 0.3) is 0 Å². The molecule has 1 N–H and O–H groups in total. The van der Waals surface area contributed by atoms with Crippen molar-refractivity contribution in [1.29, 1.82) is 0 Å². The highest BCUT2D eigenvalue weighted by atomic mass is 16.5. The van der Waals surface area contributed by atoms with Crippen molar-refractivity contribution >= 4 is 5.78 Å². The SMILES string of the molecule is COc1ccc2c3c1O[C@H]1C(=O)CC[C@@]4(O)[C@H]5C(C2)C(CN5C)[C@]314. The van der Waals surface area contributed by atoms with E-state index >= 15 is 0 Å². The number of rotatable bonds is 1. The van der Waals surface area contributed by atoms with E-state index in [9.17, 15) is 9.90 Å². The number of likely N-dealkylation sites (tertiary alicyclic amines) is 1. The largest absolute Gasteiger partial charge is 0.493 e. The highest BCUT2D eigenvalue weighted by Gasteiger charge is 2.82. The molecule has 1 aromatic carbocycles. The molecule has 2 heterocycles. The van der Waals surface area contributed by atoms with Gasteiger partial charge in [-0.05, 0) is 43.4 Å². The van der Waals surface area contributed by atoms with Gasteiger partial charge in [0.1, 0.15) is 0 Å². The summed E-state index contributed by atoms with van der Waals surface area (Å²) in [6.07, 6.45) is 1.36. The second kappa shape index (κ2) is 3.81. The Morgan fingerprint density at radius 3 is 3.04 bits per heavy atom. The molecule has 3 aliphatic carbocycles. The summed E-state index contributed by atoms with van der Waals surface area (Å²) in [4.78, 5) is 15.1. The maximum Gasteiger partial charge on any atom is 0.174 e. The Kier molecular flexibility index (Phi) is 2.17. The first kappa shape index (κ1) is 13.7. The first-order chi connectivity index (χ1) is 11.5. The molecule has 1 spiro atoms. The maximum atomic E-state index is 12.8. The van der Waals surface area contributed by atoms with Crippen molar-refractivity contribution in [2.75, 3.05) is 20.7 Å². The molecule has 0 radical (unpaired) electrons. The summed E-state index contributed by atoms with van der Waals surface area (Å²) in [6.45, 7) is 0.931. The summed E-state index contributed by atoms with van der Waals surface area (Å²) in [5.41, 5.74) is 0.873. The molecule has 6 rings (SSSR count). The van der Waals surface area contributed by atoms with Gasteiger partial charge in [0.25, 0.3) is 0 Å². The number of ketones is 1. The minimum absolute atomic E-state index is 0.117. The number of likely N-dealkylation sites (N-methyl/N-ethyl adjacent to an activating group) is 1. The zero-order valence-corrected chi connectivity index (χ0v) is 13.9. The number of ether oxygens (including phenoxy) is 2. The topological polar surface area (TPSA) is 59.0 Å². The molecule has 0 aromatic heterocycles. The Morgan fingerprint density at radius 1 is 1.42 bits per heavy atom. The number of Topliss-reactive ketones (excluding diaryl/α,β-unsaturated/α-hetero) is 1. The van der Waals surface area contributed by atoms with E-state index in [0.29, 0.717) is 30.3 Å². The number of aliphatic hydroxyl groups is 1. The minimum atomic E-state index is -0.878. The monoisotopic (exact) mass is 327 g/mol. The van der Waals surface area contributed by atoms with Gasteiger partial charge in [-0.1, -0.05) is 6.07 Å². The number of methoxy groups -OCH3 is 1. The summed E-state index contributed by atoms with van der Waals surface area (Å²) >= 11 is 0. The van der Waals surface area contributed by atoms with Crippen LogP contribution >= 0.6 is 0 Å². The number of fused-ring (bicyclic) bond motifs is 1. The minimum Gasteiger partial charge on any atom is -0.493 e. The molecule has 6 atom stereocenters. The Balaban J connectivity index is 1.73. The van der Waals surface area contributed by atoms with Gasteiger partial charge in [-0.2, -0.15) is 0 Å². The average molecular weight is 327 g/mol. The number of carbonyl (C=O) groups excluding carboxylic acids is 1. The van der Waals surface area contributed by atoms with Gasteiger partial charge in [-0.3, -0.25) is 9.69 Å². The number of nitrogens with zero attached hydrogens (tertiary/aromatic N) is 1. The van der Waals surface area contributed by atoms with E-state index in [1.165, 1.54) is 5.56 Å². The average Bonchev–Trinajstić information content (AvgIpc) is 3.13. The predicted octanol–water partition coefficient (Wildman–Crippen LogP) is 0.904. The van der Waals surface area contributed by atoms with E-state index in [2.05, 4.69) is 18.0 Å². The van der Waals surface area contributed by atoms with Gasteiger partial charge < -0.3 is 14.6 Å². The smallest absolute Gasteiger partial charge is 0.174 e. The van der Waals surface area contributed by atoms with Crippen LogP contribution in [0.1, 0.15) is 24.0 Å². The summed E-state index contributed by atoms with van der Waals surface area (Å²) in [5, 5.41) is 11.9. The highest BCUT2D eigenvalue weighted by Crippen LogP contribution is 2.73. The van der Waals surface area contributed by atoms with Crippen molar-refractivity contribution in [2.45, 2.75) is 42.4 Å². The molecule has 2 saturated carbocycles. The van der Waals surface area contributed by atoms with Crippen LogP contribution in [0.5, 0.6) is 11.5 Å². The zero-order chi connectivity index (χ0) is 16.4. The van der Waals surface area contributed by atoms with E-state index in [1.54, 1.807) is 7.11 Å². The Labute approximate surface area is 140 Å². The lowest BCUT2D eigenvalue weighted by Gasteiger charge is -2.55. The third kappa shape index (κ3) is 1.08. The standard InChI is InChI=1S/C19H21NO4/c1-20-8-11-10-7-9-3-4-13(23-2)15-14(9)19(11)17(24-15)12(21)5-6-18(19,22)16(10)20/h3-4,10-11,16-17,22H,5-8H2,1-2H3/t10?,11?,16-,17+,18-,19+/m1/s1. The zero-order valence-electron chi connectivity index (χ0n) is 13.9. The summed E-state index contributed by atoms with van der Waals surface area (Å²) in [7, 11) is 3.75. The Hall–Kier alpha value is -1.59. The fourth-order valence-electron chi connectivity index (χ4n) is 7.17. The predicted molar refractivity (Wildman–Crippen MR) is 85.4 cm³/mol. The second-order valence-corrected chi connectivity index (χ2v) is 8.25. The molecule has 5 nitrogen and oxygen atoms in total. The number of hydrogen-bond acceptors (Lipinski definition) is 5. The number of benzene rings is 1. The lowest BCUT2D eigenvalue weighted by Crippen LogP contribution is -2.70. The molecule has 5 aliphatic rings. The molecule has 24 heavy (non-hydrogen) atoms. The lowest BCUT2D eigenvalue weighted by atomic mass is 9.53. The van der Waals surface area contributed by atoms with Crippen molar-refractivity contribution in [3.8, 4) is 11.5 Å². The highest BCUT2D eigenvalue weighted by molar-refractivity contribution is 5.90. The molecule has 3 fully saturated rings. The van der Waals surface area contributed by atoms with Crippen LogP contribution in [-0.4, -0.2) is 54.2 Å². The van der Waals surface area contributed by atoms with Crippen LogP contribution in [0, 0.1) is 11.8 Å². The van der Waals surface area contributed by atoms with Crippen LogP contribution in [0.15, 0.2) is 12.1 Å². The number of piperidine rings is 1. The quantitative estimate of drug-likeness (QED) is 0.831. The van der Waals surface area contributed by atoms with E-state index in [-0.39, 0.29) is 17.7 Å². The first-order valence-corrected chi connectivity index (χ1v) is 8.86. The molecule has 126 valence electrons. The van der Waals surface area contributed by atoms with Gasteiger partial charge in [0.15, 0.2) is 23.4 Å². The van der Waals surface area contributed by atoms with Gasteiger partial charge in [0, 0.05) is 24.6 Å². The van der Waals surface area contributed by atoms with Crippen LogP contribution in [0.2, 0.25) is 0 Å². The van der Waals surface area contributed by atoms with Crippen molar-refractivity contribution < 1.29 is 19.4 Å². The van der Waals surface area contributed by atoms with Crippen molar-refractivity contribution in [3.05, 3.63) is 23.3 Å². The first-order valence-electron chi connectivity index (χ1n) is 8.86. The van der Waals surface area contributed by atoms with Crippen LogP contribution in [0.4, 0.5) is 0 Å². The van der Waals surface area contributed by atoms with E-state index < -0.39 is 17.1 Å². The maximum absolute atomic E-state index is 12.8. The number of carbonyl (C=O) groups is 1. The van der Waals surface area contributed by atoms with Crippen molar-refractivity contribution in [2.24, 2.45) is 11.8 Å². The molecule has 2 aliphatic heterocycles. The molecule has 4 bridgehead atoms. The van der Waals surface area contributed by atoms with Gasteiger partial charge in [0.2, 0.25) is 0 Å². The summed E-state index contributed by atoms with van der Waals surface area (Å²) in [5.74, 6) is 2.22. The van der Waals surface area contributed by atoms with E-state index in [1.807, 2.05) is 6.07 Å². The second-order valence-electron chi connectivity index (χ2n) is 8.25. The summed E-state index contributed by atoms with van der Waals surface area (Å²) in [6, 6.07) is 4.18. The Morgan fingerprint density at radius 2 is 2.25 bits per heavy atom. The third-order valence-electron chi connectivity index (χ3n) is 7.66. The lowest BCUT2D eigenvalue weighted by molar-refractivity contribution is -0.165. The van der Waals surface area contributed by atoms with Crippen LogP contribution < -0.4 is 9.47 Å². The molecule has 0 amide bonds. The molecule has 1 aromatic rings. The fourth-order valence-corrected chi connectivity index (χ4v) is 7.17. The molecular weight excluding hydrogens is 306 g/mol. The van der Waals surface area contributed by atoms with Gasteiger partial charge >= 0.3 is 0 Å². The van der Waals surface area contributed by atoms with Crippen LogP contribution in [-0.2, 0) is 16.6 Å². The third-order valence-corrected chi connectivity index (χ3v) is 7.66.